The van der Waals surface area contributed by atoms with Crippen LogP contribution in [0.2, 0.25) is 0 Å². The summed E-state index contributed by atoms with van der Waals surface area (Å²) in [6.07, 6.45) is 0.408. The number of aliphatic hydroxyl groups excluding tert-OH is 1. The molecule has 0 spiro atoms. The Kier molecular flexibility index (Phi) is 2.72. The number of pyridine rings is 1. The average Bonchev–Trinajstić information content (AvgIpc) is 2.79. The van der Waals surface area contributed by atoms with Crippen LogP contribution in [0.25, 0.3) is 10.9 Å². The molecule has 1 atom stereocenters. The van der Waals surface area contributed by atoms with Crippen molar-refractivity contribution >= 4 is 22.6 Å². The molecule has 0 aliphatic carbocycles. The van der Waals surface area contributed by atoms with Crippen molar-refractivity contribution in [2.45, 2.75) is 6.42 Å². The Balaban J connectivity index is 1.97. The quantitative estimate of drug-likeness (QED) is 0.870. The lowest BCUT2D eigenvalue weighted by Crippen LogP contribution is -2.25. The SMILES string of the molecule is O=C1CC(CO)CN1c1ccc2ccccc2n1. The number of anilines is 1. The summed E-state index contributed by atoms with van der Waals surface area (Å²) in [4.78, 5) is 18.0. The van der Waals surface area contributed by atoms with E-state index in [0.29, 0.717) is 18.8 Å². The van der Waals surface area contributed by atoms with Gasteiger partial charge in [0.2, 0.25) is 5.91 Å². The zero-order valence-corrected chi connectivity index (χ0v) is 9.91. The second kappa shape index (κ2) is 4.38. The van der Waals surface area contributed by atoms with Gasteiger partial charge in [0.15, 0.2) is 0 Å². The van der Waals surface area contributed by atoms with Gasteiger partial charge in [-0.15, -0.1) is 0 Å². The zero-order valence-electron chi connectivity index (χ0n) is 9.91. The fourth-order valence-electron chi connectivity index (χ4n) is 2.33. The molecule has 2 heterocycles. The number of aromatic nitrogens is 1. The summed E-state index contributed by atoms with van der Waals surface area (Å²) in [5.41, 5.74) is 0.884. The molecule has 4 heteroatoms. The molecule has 4 nitrogen and oxygen atoms in total. The number of rotatable bonds is 2. The normalized spacial score (nSPS) is 19.7. The molecule has 1 unspecified atom stereocenters. The highest BCUT2D eigenvalue weighted by atomic mass is 16.3. The maximum atomic E-state index is 11.9. The van der Waals surface area contributed by atoms with E-state index in [1.807, 2.05) is 36.4 Å². The van der Waals surface area contributed by atoms with Crippen molar-refractivity contribution in [2.75, 3.05) is 18.1 Å². The van der Waals surface area contributed by atoms with Gasteiger partial charge in [0.1, 0.15) is 5.82 Å². The van der Waals surface area contributed by atoms with Gasteiger partial charge in [-0.2, -0.15) is 0 Å². The molecule has 18 heavy (non-hydrogen) atoms. The third kappa shape index (κ3) is 1.84. The molecule has 92 valence electrons. The number of hydrogen-bond donors (Lipinski definition) is 1. The number of amides is 1. The van der Waals surface area contributed by atoms with E-state index in [4.69, 9.17) is 5.11 Å². The Morgan fingerprint density at radius 2 is 2.11 bits per heavy atom. The van der Waals surface area contributed by atoms with E-state index in [-0.39, 0.29) is 18.4 Å². The van der Waals surface area contributed by atoms with Crippen LogP contribution >= 0.6 is 0 Å². The van der Waals surface area contributed by atoms with Crippen LogP contribution in [0.3, 0.4) is 0 Å². The number of fused-ring (bicyclic) bond motifs is 1. The first-order chi connectivity index (χ1) is 8.78. The Labute approximate surface area is 105 Å². The number of benzene rings is 1. The van der Waals surface area contributed by atoms with Crippen molar-refractivity contribution in [3.8, 4) is 0 Å². The van der Waals surface area contributed by atoms with Crippen LogP contribution in [-0.2, 0) is 4.79 Å². The van der Waals surface area contributed by atoms with Crippen molar-refractivity contribution in [1.29, 1.82) is 0 Å². The summed E-state index contributed by atoms with van der Waals surface area (Å²) < 4.78 is 0. The van der Waals surface area contributed by atoms with Gasteiger partial charge in [-0.25, -0.2) is 4.98 Å². The van der Waals surface area contributed by atoms with E-state index in [2.05, 4.69) is 4.98 Å². The van der Waals surface area contributed by atoms with E-state index in [1.54, 1.807) is 4.90 Å². The summed E-state index contributed by atoms with van der Waals surface area (Å²) in [5, 5.41) is 10.2. The highest BCUT2D eigenvalue weighted by Gasteiger charge is 2.30. The number of carbonyl (C=O) groups is 1. The predicted molar refractivity (Wildman–Crippen MR) is 69.3 cm³/mol. The largest absolute Gasteiger partial charge is 0.396 e. The Morgan fingerprint density at radius 3 is 2.89 bits per heavy atom. The number of aliphatic hydroxyl groups is 1. The molecule has 0 bridgehead atoms. The van der Waals surface area contributed by atoms with Crippen LogP contribution in [0, 0.1) is 5.92 Å². The van der Waals surface area contributed by atoms with Crippen LogP contribution in [0.1, 0.15) is 6.42 Å². The third-order valence-electron chi connectivity index (χ3n) is 3.32. The summed E-state index contributed by atoms with van der Waals surface area (Å²) in [6.45, 7) is 0.608. The molecule has 2 aromatic rings. The van der Waals surface area contributed by atoms with Crippen LogP contribution in [0.15, 0.2) is 36.4 Å². The molecular formula is C14H14N2O2. The first-order valence-electron chi connectivity index (χ1n) is 6.05. The molecule has 0 saturated carbocycles. The second-order valence-corrected chi connectivity index (χ2v) is 4.62. The third-order valence-corrected chi connectivity index (χ3v) is 3.32. The highest BCUT2D eigenvalue weighted by molar-refractivity contribution is 5.96. The Bertz CT molecular complexity index is 597. The van der Waals surface area contributed by atoms with E-state index >= 15 is 0 Å². The van der Waals surface area contributed by atoms with Gasteiger partial charge in [-0.3, -0.25) is 9.69 Å². The van der Waals surface area contributed by atoms with Crippen molar-refractivity contribution in [3.05, 3.63) is 36.4 Å². The van der Waals surface area contributed by atoms with Crippen LogP contribution in [-0.4, -0.2) is 29.1 Å². The van der Waals surface area contributed by atoms with Crippen molar-refractivity contribution < 1.29 is 9.90 Å². The van der Waals surface area contributed by atoms with Gasteiger partial charge >= 0.3 is 0 Å². The number of nitrogens with zero attached hydrogens (tertiary/aromatic N) is 2. The van der Waals surface area contributed by atoms with Gasteiger partial charge in [0.25, 0.3) is 0 Å². The fraction of sp³-hybridized carbons (Fsp3) is 0.286. The first-order valence-corrected chi connectivity index (χ1v) is 6.05. The Morgan fingerprint density at radius 1 is 1.28 bits per heavy atom. The van der Waals surface area contributed by atoms with Crippen LogP contribution in [0.5, 0.6) is 0 Å². The first kappa shape index (κ1) is 11.2. The topological polar surface area (TPSA) is 53.4 Å². The summed E-state index contributed by atoms with van der Waals surface area (Å²) in [7, 11) is 0. The summed E-state index contributed by atoms with van der Waals surface area (Å²) in [6, 6.07) is 11.7. The number of para-hydroxylation sites is 1. The smallest absolute Gasteiger partial charge is 0.228 e. The highest BCUT2D eigenvalue weighted by Crippen LogP contribution is 2.25. The molecule has 1 aliphatic heterocycles. The Hall–Kier alpha value is -1.94. The van der Waals surface area contributed by atoms with E-state index < -0.39 is 0 Å². The molecule has 1 amide bonds. The number of carbonyl (C=O) groups excluding carboxylic acids is 1. The van der Waals surface area contributed by atoms with Crippen LogP contribution in [0.4, 0.5) is 5.82 Å². The fourth-order valence-corrected chi connectivity index (χ4v) is 2.33. The minimum absolute atomic E-state index is 0.0331. The van der Waals surface area contributed by atoms with E-state index in [9.17, 15) is 4.79 Å². The van der Waals surface area contributed by atoms with Crippen molar-refractivity contribution in [2.24, 2.45) is 5.92 Å². The van der Waals surface area contributed by atoms with Crippen molar-refractivity contribution in [3.63, 3.8) is 0 Å². The minimum atomic E-state index is 0.0331. The molecule has 1 aliphatic rings. The molecule has 1 aromatic carbocycles. The summed E-state index contributed by atoms with van der Waals surface area (Å²) in [5.74, 6) is 0.747. The van der Waals surface area contributed by atoms with Crippen molar-refractivity contribution in [1.82, 2.24) is 4.98 Å². The maximum Gasteiger partial charge on any atom is 0.228 e. The lowest BCUT2D eigenvalue weighted by atomic mass is 10.1. The number of hydrogen-bond acceptors (Lipinski definition) is 3. The summed E-state index contributed by atoms with van der Waals surface area (Å²) >= 11 is 0. The predicted octanol–water partition coefficient (Wildman–Crippen LogP) is 1.58. The van der Waals surface area contributed by atoms with Gasteiger partial charge in [0.05, 0.1) is 5.52 Å². The lowest BCUT2D eigenvalue weighted by Gasteiger charge is -2.15. The second-order valence-electron chi connectivity index (χ2n) is 4.62. The lowest BCUT2D eigenvalue weighted by molar-refractivity contribution is -0.117. The standard InChI is InChI=1S/C14H14N2O2/c17-9-10-7-14(18)16(8-10)13-6-5-11-3-1-2-4-12(11)15-13/h1-6,10,17H,7-9H2. The minimum Gasteiger partial charge on any atom is -0.396 e. The maximum absolute atomic E-state index is 11.9. The average molecular weight is 242 g/mol. The monoisotopic (exact) mass is 242 g/mol. The van der Waals surface area contributed by atoms with Gasteiger partial charge in [-0.05, 0) is 18.2 Å². The molecular weight excluding hydrogens is 228 g/mol. The molecule has 3 rings (SSSR count). The van der Waals surface area contributed by atoms with Gasteiger partial charge in [0, 0.05) is 30.9 Å². The van der Waals surface area contributed by atoms with Gasteiger partial charge < -0.3 is 5.11 Å². The van der Waals surface area contributed by atoms with Crippen LogP contribution < -0.4 is 4.90 Å². The molecule has 1 saturated heterocycles. The molecule has 1 fully saturated rings. The zero-order chi connectivity index (χ0) is 12.5. The van der Waals surface area contributed by atoms with E-state index in [1.165, 1.54) is 0 Å². The van der Waals surface area contributed by atoms with E-state index in [0.717, 1.165) is 10.9 Å². The molecule has 1 N–H and O–H groups in total. The van der Waals surface area contributed by atoms with Gasteiger partial charge in [-0.1, -0.05) is 18.2 Å². The molecule has 0 radical (unpaired) electrons. The molecule has 1 aromatic heterocycles.